The molecule has 0 radical (unpaired) electrons. The van der Waals surface area contributed by atoms with E-state index in [0.717, 1.165) is 5.56 Å². The molecule has 2 rings (SSSR count). The Morgan fingerprint density at radius 3 is 2.25 bits per heavy atom. The summed E-state index contributed by atoms with van der Waals surface area (Å²) in [5.74, 6) is 0.373. The van der Waals surface area contributed by atoms with Crippen LogP contribution in [0.15, 0.2) is 33.7 Å². The van der Waals surface area contributed by atoms with Crippen molar-refractivity contribution >= 4 is 9.84 Å². The monoisotopic (exact) mass is 294 g/mol. The third-order valence-electron chi connectivity index (χ3n) is 2.81. The molecule has 0 bridgehead atoms. The predicted octanol–water partition coefficient (Wildman–Crippen LogP) is 2.65. The maximum absolute atomic E-state index is 12.3. The molecule has 0 amide bonds. The van der Waals surface area contributed by atoms with Gasteiger partial charge in [0.15, 0.2) is 15.7 Å². The Bertz CT molecular complexity index is 695. The summed E-state index contributed by atoms with van der Waals surface area (Å²) in [5.41, 5.74) is 0.720. The fourth-order valence-corrected chi connectivity index (χ4v) is 2.79. The fourth-order valence-electron chi connectivity index (χ4n) is 1.62. The van der Waals surface area contributed by atoms with E-state index in [1.54, 1.807) is 24.3 Å². The largest absolute Gasteiger partial charge is 0.339 e. The third kappa shape index (κ3) is 3.25. The highest BCUT2D eigenvalue weighted by Gasteiger charge is 2.24. The van der Waals surface area contributed by atoms with E-state index in [-0.39, 0.29) is 21.9 Å². The molecule has 0 saturated carbocycles. The highest BCUT2D eigenvalue weighted by Crippen LogP contribution is 2.21. The van der Waals surface area contributed by atoms with E-state index >= 15 is 0 Å². The van der Waals surface area contributed by atoms with Gasteiger partial charge in [-0.15, -0.1) is 0 Å². The first-order valence-electron chi connectivity index (χ1n) is 6.31. The van der Waals surface area contributed by atoms with Crippen molar-refractivity contribution in [3.8, 4) is 0 Å². The van der Waals surface area contributed by atoms with Gasteiger partial charge in [-0.3, -0.25) is 0 Å². The van der Waals surface area contributed by atoms with Gasteiger partial charge in [0.25, 0.3) is 0 Å². The van der Waals surface area contributed by atoms with Crippen molar-refractivity contribution in [1.82, 2.24) is 10.1 Å². The fraction of sp³-hybridized carbons (Fsp3) is 0.429. The van der Waals surface area contributed by atoms with Gasteiger partial charge in [-0.1, -0.05) is 43.6 Å². The molecule has 0 spiro atoms. The maximum Gasteiger partial charge on any atom is 0.232 e. The highest BCUT2D eigenvalue weighted by atomic mass is 32.2. The summed E-state index contributed by atoms with van der Waals surface area (Å²) in [6.07, 6.45) is 0. The highest BCUT2D eigenvalue weighted by molar-refractivity contribution is 7.90. The SMILES string of the molecule is Cc1ccc(S(=O)(=O)Cc2noc(C(C)(C)C)n2)cc1. The van der Waals surface area contributed by atoms with Crippen LogP contribution < -0.4 is 0 Å². The summed E-state index contributed by atoms with van der Waals surface area (Å²) in [6.45, 7) is 7.70. The van der Waals surface area contributed by atoms with Crippen molar-refractivity contribution in [1.29, 1.82) is 0 Å². The number of rotatable bonds is 3. The Labute approximate surface area is 118 Å². The van der Waals surface area contributed by atoms with E-state index in [1.165, 1.54) is 0 Å². The van der Waals surface area contributed by atoms with E-state index in [4.69, 9.17) is 4.52 Å². The molecule has 108 valence electrons. The van der Waals surface area contributed by atoms with Crippen LogP contribution in [0.5, 0.6) is 0 Å². The van der Waals surface area contributed by atoms with Crippen LogP contribution in [-0.4, -0.2) is 18.6 Å². The van der Waals surface area contributed by atoms with Crippen LogP contribution in [0.3, 0.4) is 0 Å². The van der Waals surface area contributed by atoms with Gasteiger partial charge in [0, 0.05) is 5.41 Å². The number of hydrogen-bond donors (Lipinski definition) is 0. The minimum Gasteiger partial charge on any atom is -0.339 e. The summed E-state index contributed by atoms with van der Waals surface area (Å²) in [7, 11) is -3.45. The topological polar surface area (TPSA) is 73.1 Å². The molecule has 0 fully saturated rings. The molecule has 5 nitrogen and oxygen atoms in total. The van der Waals surface area contributed by atoms with Gasteiger partial charge in [0.1, 0.15) is 5.75 Å². The molecule has 1 heterocycles. The first-order valence-corrected chi connectivity index (χ1v) is 7.96. The van der Waals surface area contributed by atoms with E-state index in [2.05, 4.69) is 10.1 Å². The van der Waals surface area contributed by atoms with Gasteiger partial charge in [0.05, 0.1) is 4.90 Å². The smallest absolute Gasteiger partial charge is 0.232 e. The lowest BCUT2D eigenvalue weighted by Gasteiger charge is -2.10. The lowest BCUT2D eigenvalue weighted by atomic mass is 9.97. The molecule has 0 unspecified atom stereocenters. The van der Waals surface area contributed by atoms with Crippen LogP contribution in [0.1, 0.15) is 38.0 Å². The molecule has 0 saturated heterocycles. The standard InChI is InChI=1S/C14H18N2O3S/c1-10-5-7-11(8-6-10)20(17,18)9-12-15-13(19-16-12)14(2,3)4/h5-8H,9H2,1-4H3. The molecule has 0 aliphatic carbocycles. The molecule has 0 atom stereocenters. The number of hydrogen-bond acceptors (Lipinski definition) is 5. The van der Waals surface area contributed by atoms with Gasteiger partial charge in [-0.25, -0.2) is 8.42 Å². The second-order valence-electron chi connectivity index (χ2n) is 5.84. The number of sulfone groups is 1. The average molecular weight is 294 g/mol. The van der Waals surface area contributed by atoms with Gasteiger partial charge in [-0.05, 0) is 19.1 Å². The zero-order chi connectivity index (χ0) is 15.0. The van der Waals surface area contributed by atoms with E-state index < -0.39 is 9.84 Å². The Morgan fingerprint density at radius 2 is 1.75 bits per heavy atom. The molecule has 20 heavy (non-hydrogen) atoms. The molecular formula is C14H18N2O3S. The van der Waals surface area contributed by atoms with Crippen LogP contribution in [0, 0.1) is 6.92 Å². The Balaban J connectivity index is 2.25. The van der Waals surface area contributed by atoms with Crippen LogP contribution in [-0.2, 0) is 21.0 Å². The van der Waals surface area contributed by atoms with Crippen molar-refractivity contribution in [3.05, 3.63) is 41.5 Å². The lowest BCUT2D eigenvalue weighted by molar-refractivity contribution is 0.319. The predicted molar refractivity (Wildman–Crippen MR) is 75.1 cm³/mol. The van der Waals surface area contributed by atoms with Crippen molar-refractivity contribution in [2.24, 2.45) is 0 Å². The Hall–Kier alpha value is -1.69. The maximum atomic E-state index is 12.3. The van der Waals surface area contributed by atoms with Gasteiger partial charge < -0.3 is 4.52 Å². The summed E-state index contributed by atoms with van der Waals surface area (Å²) in [5, 5.41) is 3.75. The normalized spacial score (nSPS) is 12.6. The van der Waals surface area contributed by atoms with Gasteiger partial charge >= 0.3 is 0 Å². The number of benzene rings is 1. The van der Waals surface area contributed by atoms with E-state index in [9.17, 15) is 8.42 Å². The van der Waals surface area contributed by atoms with Crippen molar-refractivity contribution in [2.75, 3.05) is 0 Å². The van der Waals surface area contributed by atoms with Crippen molar-refractivity contribution in [2.45, 2.75) is 43.8 Å². The van der Waals surface area contributed by atoms with Gasteiger partial charge in [0.2, 0.25) is 5.89 Å². The third-order valence-corrected chi connectivity index (χ3v) is 4.44. The van der Waals surface area contributed by atoms with Gasteiger partial charge in [-0.2, -0.15) is 4.98 Å². The number of aromatic nitrogens is 2. The van der Waals surface area contributed by atoms with Crippen LogP contribution in [0.2, 0.25) is 0 Å². The summed E-state index contributed by atoms with van der Waals surface area (Å²) in [6, 6.07) is 6.72. The summed E-state index contributed by atoms with van der Waals surface area (Å²) in [4.78, 5) is 4.42. The molecule has 2 aromatic rings. The van der Waals surface area contributed by atoms with Crippen molar-refractivity contribution < 1.29 is 12.9 Å². The number of nitrogens with zero attached hydrogens (tertiary/aromatic N) is 2. The van der Waals surface area contributed by atoms with E-state index in [1.807, 2.05) is 27.7 Å². The molecule has 1 aromatic heterocycles. The molecule has 0 aliphatic heterocycles. The van der Waals surface area contributed by atoms with Crippen LogP contribution in [0.4, 0.5) is 0 Å². The summed E-state index contributed by atoms with van der Waals surface area (Å²) < 4.78 is 29.6. The minimum absolute atomic E-state index is 0.190. The quantitative estimate of drug-likeness (QED) is 0.870. The molecule has 0 N–H and O–H groups in total. The minimum atomic E-state index is -3.45. The Morgan fingerprint density at radius 1 is 1.15 bits per heavy atom. The van der Waals surface area contributed by atoms with Crippen molar-refractivity contribution in [3.63, 3.8) is 0 Å². The molecule has 1 aromatic carbocycles. The average Bonchev–Trinajstić information content (AvgIpc) is 2.77. The van der Waals surface area contributed by atoms with Crippen LogP contribution in [0.25, 0.3) is 0 Å². The molecule has 0 aliphatic rings. The summed E-state index contributed by atoms with van der Waals surface area (Å²) >= 11 is 0. The molecule has 6 heteroatoms. The number of aryl methyl sites for hydroxylation is 1. The first-order chi connectivity index (χ1) is 9.18. The molecular weight excluding hydrogens is 276 g/mol. The second-order valence-corrected chi connectivity index (χ2v) is 7.83. The lowest BCUT2D eigenvalue weighted by Crippen LogP contribution is -2.12. The van der Waals surface area contributed by atoms with E-state index in [0.29, 0.717) is 5.89 Å². The zero-order valence-corrected chi connectivity index (χ0v) is 12.9. The first kappa shape index (κ1) is 14.7. The Kier molecular flexibility index (Phi) is 3.69. The second kappa shape index (κ2) is 5.01. The zero-order valence-electron chi connectivity index (χ0n) is 12.0. The van der Waals surface area contributed by atoms with Crippen LogP contribution >= 0.6 is 0 Å².